The van der Waals surface area contributed by atoms with Crippen molar-refractivity contribution >= 4 is 12.3 Å². The van der Waals surface area contributed by atoms with Crippen LogP contribution in [0.3, 0.4) is 0 Å². The summed E-state index contributed by atoms with van der Waals surface area (Å²) in [6, 6.07) is 9.16. The summed E-state index contributed by atoms with van der Waals surface area (Å²) in [5, 5.41) is 19.7. The van der Waals surface area contributed by atoms with Crippen LogP contribution in [0.4, 0.5) is 0 Å². The quantitative estimate of drug-likeness (QED) is 0.295. The van der Waals surface area contributed by atoms with Gasteiger partial charge in [0, 0.05) is 43.5 Å². The molecule has 1 aliphatic rings. The van der Waals surface area contributed by atoms with Gasteiger partial charge in [0.15, 0.2) is 5.69 Å². The van der Waals surface area contributed by atoms with Gasteiger partial charge in [0.05, 0.1) is 17.4 Å². The number of fused-ring (bicyclic) bond motifs is 1. The Bertz CT molecular complexity index is 1300. The molecule has 0 saturated heterocycles. The van der Waals surface area contributed by atoms with Crippen LogP contribution in [0.15, 0.2) is 55.4 Å². The van der Waals surface area contributed by atoms with Gasteiger partial charge in [-0.1, -0.05) is 24.5 Å². The van der Waals surface area contributed by atoms with Crippen LogP contribution in [-0.2, 0) is 11.2 Å². The van der Waals surface area contributed by atoms with E-state index in [-0.39, 0.29) is 18.2 Å². The summed E-state index contributed by atoms with van der Waals surface area (Å²) in [6.45, 7) is 4.03. The molecule has 1 aliphatic carbocycles. The molecule has 0 saturated carbocycles. The monoisotopic (exact) mass is 472 g/mol. The number of rotatable bonds is 8. The van der Waals surface area contributed by atoms with Crippen LogP contribution in [-0.4, -0.2) is 61.1 Å². The zero-order valence-corrected chi connectivity index (χ0v) is 19.6. The van der Waals surface area contributed by atoms with Crippen molar-refractivity contribution in [2.75, 3.05) is 13.6 Å². The summed E-state index contributed by atoms with van der Waals surface area (Å²) in [6.07, 6.45) is 8.42. The van der Waals surface area contributed by atoms with Gasteiger partial charge in [0.1, 0.15) is 5.60 Å². The molecular weight excluding hydrogens is 444 g/mol. The number of aliphatic hydroxyl groups is 1. The number of nitrogens with zero attached hydrogens (tertiary/aromatic N) is 5. The largest absolute Gasteiger partial charge is 0.374 e. The number of carbonyl (C=O) groups is 2. The van der Waals surface area contributed by atoms with Gasteiger partial charge in [-0.05, 0) is 49.6 Å². The Kier molecular flexibility index (Phi) is 6.85. The molecule has 2 heterocycles. The van der Waals surface area contributed by atoms with Crippen LogP contribution in [0.1, 0.15) is 52.6 Å². The molecule has 35 heavy (non-hydrogen) atoms. The van der Waals surface area contributed by atoms with Crippen molar-refractivity contribution in [1.29, 1.82) is 0 Å². The number of primary amides is 1. The third kappa shape index (κ3) is 5.03. The number of benzene rings is 1. The SMILES string of the molecule is C=CC(O)(C#Cc1cccc(-n2nc(C(N)=O)c3c2CCCC3n2cccn2)c1)CCN(C)C=O. The first-order valence-electron chi connectivity index (χ1n) is 11.4. The Hall–Kier alpha value is -4.16. The second-order valence-electron chi connectivity index (χ2n) is 8.64. The Morgan fingerprint density at radius 2 is 2.26 bits per heavy atom. The van der Waals surface area contributed by atoms with E-state index in [1.165, 1.54) is 11.0 Å². The second kappa shape index (κ2) is 9.99. The van der Waals surface area contributed by atoms with E-state index in [1.807, 2.05) is 41.2 Å². The van der Waals surface area contributed by atoms with Crippen LogP contribution < -0.4 is 5.73 Å². The minimum absolute atomic E-state index is 0.111. The molecule has 2 aromatic heterocycles. The first-order valence-corrected chi connectivity index (χ1v) is 11.4. The van der Waals surface area contributed by atoms with Gasteiger partial charge in [-0.2, -0.15) is 10.2 Å². The molecule has 0 fully saturated rings. The molecule has 0 radical (unpaired) electrons. The van der Waals surface area contributed by atoms with Gasteiger partial charge in [0.25, 0.3) is 5.91 Å². The van der Waals surface area contributed by atoms with Gasteiger partial charge < -0.3 is 15.7 Å². The Morgan fingerprint density at radius 3 is 2.94 bits per heavy atom. The third-order valence-corrected chi connectivity index (χ3v) is 6.20. The van der Waals surface area contributed by atoms with Crippen molar-refractivity contribution in [3.05, 3.63) is 77.9 Å². The summed E-state index contributed by atoms with van der Waals surface area (Å²) in [7, 11) is 1.63. The zero-order chi connectivity index (χ0) is 25.0. The maximum Gasteiger partial charge on any atom is 0.269 e. The summed E-state index contributed by atoms with van der Waals surface area (Å²) >= 11 is 0. The topological polar surface area (TPSA) is 119 Å². The van der Waals surface area contributed by atoms with Crippen molar-refractivity contribution in [3.8, 4) is 17.5 Å². The maximum atomic E-state index is 12.3. The molecule has 2 atom stereocenters. The molecule has 0 spiro atoms. The lowest BCUT2D eigenvalue weighted by Gasteiger charge is -2.24. The molecule has 0 aliphatic heterocycles. The van der Waals surface area contributed by atoms with Crippen molar-refractivity contribution in [3.63, 3.8) is 0 Å². The minimum Gasteiger partial charge on any atom is -0.374 e. The molecule has 4 rings (SSSR count). The Balaban J connectivity index is 1.70. The fourth-order valence-corrected chi connectivity index (χ4v) is 4.30. The van der Waals surface area contributed by atoms with Crippen LogP contribution in [0.25, 0.3) is 5.69 Å². The van der Waals surface area contributed by atoms with Gasteiger partial charge in [-0.3, -0.25) is 14.3 Å². The molecule has 1 aromatic carbocycles. The van der Waals surface area contributed by atoms with Gasteiger partial charge in [-0.25, -0.2) is 4.68 Å². The van der Waals surface area contributed by atoms with E-state index in [0.29, 0.717) is 18.5 Å². The summed E-state index contributed by atoms with van der Waals surface area (Å²) < 4.78 is 3.60. The van der Waals surface area contributed by atoms with Crippen LogP contribution in [0.5, 0.6) is 0 Å². The highest BCUT2D eigenvalue weighted by Crippen LogP contribution is 2.36. The highest BCUT2D eigenvalue weighted by molar-refractivity contribution is 5.93. The molecule has 2 unspecified atom stereocenters. The molecule has 9 nitrogen and oxygen atoms in total. The van der Waals surface area contributed by atoms with Gasteiger partial charge in [-0.15, -0.1) is 0 Å². The number of amides is 2. The van der Waals surface area contributed by atoms with Gasteiger partial charge >= 0.3 is 0 Å². The summed E-state index contributed by atoms with van der Waals surface area (Å²) in [4.78, 5) is 24.6. The van der Waals surface area contributed by atoms with Crippen LogP contribution in [0.2, 0.25) is 0 Å². The zero-order valence-electron chi connectivity index (χ0n) is 19.6. The molecule has 0 bridgehead atoms. The number of aromatic nitrogens is 4. The average molecular weight is 473 g/mol. The molecule has 3 N–H and O–H groups in total. The molecule has 9 heteroatoms. The number of hydrogen-bond donors (Lipinski definition) is 2. The standard InChI is InChI=1S/C26H28N6O3/c1-3-26(35,13-16-30(2)18-33)12-11-19-7-4-8-20(17-19)32-22-10-5-9-21(31-15-6-14-28-31)23(22)24(29-32)25(27)34/h3-4,6-8,14-15,17-18,21,35H,1,5,9-10,13,16H2,2H3,(H2,27,34). The van der Waals surface area contributed by atoms with E-state index >= 15 is 0 Å². The van der Waals surface area contributed by atoms with Crippen LogP contribution >= 0.6 is 0 Å². The number of carbonyl (C=O) groups excluding carboxylic acids is 2. The van der Waals surface area contributed by atoms with E-state index in [1.54, 1.807) is 17.9 Å². The lowest BCUT2D eigenvalue weighted by atomic mass is 9.90. The normalized spacial score (nSPS) is 16.3. The fourth-order valence-electron chi connectivity index (χ4n) is 4.30. The lowest BCUT2D eigenvalue weighted by Crippen LogP contribution is -2.30. The molecule has 180 valence electrons. The van der Waals surface area contributed by atoms with Crippen molar-refractivity contribution in [2.45, 2.75) is 37.3 Å². The van der Waals surface area contributed by atoms with E-state index in [9.17, 15) is 14.7 Å². The van der Waals surface area contributed by atoms with E-state index < -0.39 is 11.5 Å². The first-order chi connectivity index (χ1) is 16.8. The highest BCUT2D eigenvalue weighted by atomic mass is 16.3. The molecular formula is C26H28N6O3. The minimum atomic E-state index is -1.44. The van der Waals surface area contributed by atoms with E-state index in [2.05, 4.69) is 28.6 Å². The second-order valence-corrected chi connectivity index (χ2v) is 8.64. The number of hydrogen-bond acceptors (Lipinski definition) is 5. The Labute approximate surface area is 203 Å². The highest BCUT2D eigenvalue weighted by Gasteiger charge is 2.32. The van der Waals surface area contributed by atoms with Crippen molar-refractivity contribution in [1.82, 2.24) is 24.5 Å². The lowest BCUT2D eigenvalue weighted by molar-refractivity contribution is -0.117. The predicted octanol–water partition coefficient (Wildman–Crippen LogP) is 1.84. The summed E-state index contributed by atoms with van der Waals surface area (Å²) in [5.74, 6) is 5.29. The van der Waals surface area contributed by atoms with Crippen molar-refractivity contribution in [2.24, 2.45) is 5.73 Å². The maximum absolute atomic E-state index is 12.3. The smallest absolute Gasteiger partial charge is 0.269 e. The molecule has 3 aromatic rings. The van der Waals surface area contributed by atoms with Gasteiger partial charge in [0.2, 0.25) is 6.41 Å². The Morgan fingerprint density at radius 1 is 1.43 bits per heavy atom. The molecule has 2 amide bonds. The average Bonchev–Trinajstić information content (AvgIpc) is 3.55. The third-order valence-electron chi connectivity index (χ3n) is 6.20. The fraction of sp³-hybridized carbons (Fsp3) is 0.308. The first kappa shape index (κ1) is 24.0. The van der Waals surface area contributed by atoms with E-state index in [4.69, 9.17) is 5.73 Å². The van der Waals surface area contributed by atoms with Crippen molar-refractivity contribution < 1.29 is 14.7 Å². The summed E-state index contributed by atoms with van der Waals surface area (Å²) in [5.41, 5.74) is 7.67. The number of nitrogens with two attached hydrogens (primary N) is 1. The van der Waals surface area contributed by atoms with E-state index in [0.717, 1.165) is 36.2 Å². The predicted molar refractivity (Wildman–Crippen MR) is 131 cm³/mol. The van der Waals surface area contributed by atoms with Crippen LogP contribution in [0, 0.1) is 11.8 Å².